The molecule has 2 unspecified atom stereocenters. The Morgan fingerprint density at radius 2 is 1.74 bits per heavy atom. The quantitative estimate of drug-likeness (QED) is 0.411. The number of hydrogen-bond acceptors (Lipinski definition) is 5. The third-order valence-corrected chi connectivity index (χ3v) is 3.56. The number of alkyl halides is 2. The first-order valence-corrected chi connectivity index (χ1v) is 7.02. The molecule has 5 nitrogen and oxygen atoms in total. The predicted molar refractivity (Wildman–Crippen MR) is 71.5 cm³/mol. The van der Waals surface area contributed by atoms with Crippen molar-refractivity contribution in [3.8, 4) is 0 Å². The molecule has 0 N–H and O–H groups in total. The van der Waals surface area contributed by atoms with Crippen molar-refractivity contribution in [3.63, 3.8) is 0 Å². The van der Waals surface area contributed by atoms with Gasteiger partial charge in [0.25, 0.3) is 5.78 Å². The van der Waals surface area contributed by atoms with E-state index in [4.69, 9.17) is 4.74 Å². The normalized spacial score (nSPS) is 13.4. The van der Waals surface area contributed by atoms with Crippen molar-refractivity contribution in [2.75, 3.05) is 0 Å². The molecule has 0 aliphatic heterocycles. The van der Waals surface area contributed by atoms with Gasteiger partial charge in [-0.05, 0) is 15.9 Å². The number of carbonyl (C=O) groups is 3. The zero-order valence-corrected chi connectivity index (χ0v) is 12.7. The molecule has 0 saturated heterocycles. The molecule has 1 rings (SSSR count). The van der Waals surface area contributed by atoms with E-state index in [1.807, 2.05) is 0 Å². The van der Waals surface area contributed by atoms with Gasteiger partial charge in [0.15, 0.2) is 5.01 Å². The van der Waals surface area contributed by atoms with E-state index in [0.717, 1.165) is 0 Å². The van der Waals surface area contributed by atoms with Crippen LogP contribution in [0.5, 0.6) is 0 Å². The molecular formula is C12H9Br2O5-. The fraction of sp³-hybridized carbons (Fsp3) is 0.250. The van der Waals surface area contributed by atoms with Crippen LogP contribution in [-0.4, -0.2) is 22.5 Å². The van der Waals surface area contributed by atoms with Gasteiger partial charge in [0.05, 0.1) is 4.83 Å². The van der Waals surface area contributed by atoms with E-state index < -0.39 is 34.0 Å². The summed E-state index contributed by atoms with van der Waals surface area (Å²) >= 11 is 5.92. The second-order valence-corrected chi connectivity index (χ2v) is 5.48. The van der Waals surface area contributed by atoms with E-state index in [1.54, 1.807) is 30.3 Å². The number of rotatable bonds is 6. The Morgan fingerprint density at radius 3 is 2.26 bits per heavy atom. The zero-order valence-electron chi connectivity index (χ0n) is 9.55. The summed E-state index contributed by atoms with van der Waals surface area (Å²) in [6, 6.07) is 8.73. The topological polar surface area (TPSA) is 83.5 Å². The molecule has 0 heterocycles. The van der Waals surface area contributed by atoms with Gasteiger partial charge in [0, 0.05) is 18.0 Å². The van der Waals surface area contributed by atoms with E-state index in [0.29, 0.717) is 5.56 Å². The Morgan fingerprint density at radius 1 is 1.16 bits per heavy atom. The predicted octanol–water partition coefficient (Wildman–Crippen LogP) is 1.10. The fourth-order valence-electron chi connectivity index (χ4n) is 1.19. The van der Waals surface area contributed by atoms with Crippen molar-refractivity contribution in [2.24, 2.45) is 0 Å². The SMILES string of the molecule is O=C([O-])CC(Br)C(=O)C(=O)OC(Br)c1ccccc1. The van der Waals surface area contributed by atoms with Crippen molar-refractivity contribution in [3.05, 3.63) is 35.9 Å². The summed E-state index contributed by atoms with van der Waals surface area (Å²) in [4.78, 5) is 32.2. The van der Waals surface area contributed by atoms with Gasteiger partial charge in [-0.3, -0.25) is 4.79 Å². The molecule has 1 aromatic rings. The lowest BCUT2D eigenvalue weighted by molar-refractivity contribution is -0.305. The first-order valence-electron chi connectivity index (χ1n) is 5.19. The molecule has 0 aromatic heterocycles. The van der Waals surface area contributed by atoms with Gasteiger partial charge in [-0.15, -0.1) is 0 Å². The maximum absolute atomic E-state index is 11.5. The van der Waals surface area contributed by atoms with Gasteiger partial charge in [0.2, 0.25) is 0 Å². The minimum atomic E-state index is -1.43. The molecule has 0 amide bonds. The van der Waals surface area contributed by atoms with Gasteiger partial charge in [-0.1, -0.05) is 46.3 Å². The van der Waals surface area contributed by atoms with E-state index in [2.05, 4.69) is 31.9 Å². The van der Waals surface area contributed by atoms with Gasteiger partial charge in [-0.2, -0.15) is 0 Å². The lowest BCUT2D eigenvalue weighted by atomic mass is 10.2. The Hall–Kier alpha value is -1.21. The van der Waals surface area contributed by atoms with Crippen LogP contribution in [0.15, 0.2) is 30.3 Å². The van der Waals surface area contributed by atoms with Crippen molar-refractivity contribution in [2.45, 2.75) is 16.3 Å². The first-order chi connectivity index (χ1) is 8.91. The summed E-state index contributed by atoms with van der Waals surface area (Å²) in [5, 5.41) is 9.56. The molecule has 0 radical (unpaired) electrons. The monoisotopic (exact) mass is 391 g/mol. The molecule has 0 aliphatic rings. The van der Waals surface area contributed by atoms with Gasteiger partial charge in [0.1, 0.15) is 0 Å². The van der Waals surface area contributed by atoms with E-state index in [-0.39, 0.29) is 0 Å². The van der Waals surface area contributed by atoms with Gasteiger partial charge >= 0.3 is 5.97 Å². The van der Waals surface area contributed by atoms with Crippen LogP contribution >= 0.6 is 31.9 Å². The standard InChI is InChI=1S/C12H10Br2O5/c13-8(6-9(15)16)10(17)12(18)19-11(14)7-4-2-1-3-5-7/h1-5,8,11H,6H2,(H,15,16)/p-1. The van der Waals surface area contributed by atoms with Crippen LogP contribution in [0.25, 0.3) is 0 Å². The number of aliphatic carboxylic acids is 1. The lowest BCUT2D eigenvalue weighted by Crippen LogP contribution is -2.33. The first kappa shape index (κ1) is 15.8. The Balaban J connectivity index is 2.60. The maximum Gasteiger partial charge on any atom is 0.377 e. The Kier molecular flexibility index (Phi) is 6.17. The molecule has 7 heteroatoms. The molecule has 1 aromatic carbocycles. The lowest BCUT2D eigenvalue weighted by Gasteiger charge is -2.13. The molecule has 19 heavy (non-hydrogen) atoms. The highest BCUT2D eigenvalue weighted by atomic mass is 79.9. The molecule has 0 spiro atoms. The van der Waals surface area contributed by atoms with Crippen LogP contribution in [0, 0.1) is 0 Å². The number of benzene rings is 1. The molecule has 0 fully saturated rings. The third kappa shape index (κ3) is 5.12. The molecule has 102 valence electrons. The smallest absolute Gasteiger partial charge is 0.377 e. The van der Waals surface area contributed by atoms with Crippen LogP contribution in [0.2, 0.25) is 0 Å². The van der Waals surface area contributed by atoms with Crippen LogP contribution in [0.3, 0.4) is 0 Å². The maximum atomic E-state index is 11.5. The summed E-state index contributed by atoms with van der Waals surface area (Å²) in [5.41, 5.74) is 0.662. The molecule has 0 bridgehead atoms. The number of ether oxygens (including phenoxy) is 1. The zero-order chi connectivity index (χ0) is 14.4. The Labute approximate surface area is 126 Å². The van der Waals surface area contributed by atoms with Gasteiger partial charge in [-0.25, -0.2) is 4.79 Å². The second kappa shape index (κ2) is 7.40. The summed E-state index contributed by atoms with van der Waals surface area (Å²) in [7, 11) is 0. The van der Waals surface area contributed by atoms with Crippen LogP contribution < -0.4 is 5.11 Å². The largest absolute Gasteiger partial charge is 0.550 e. The summed E-state index contributed by atoms with van der Waals surface area (Å²) in [6.45, 7) is 0. The molecule has 0 aliphatic carbocycles. The number of Topliss-reactive ketones (excluding diaryl/α,β-unsaturated/α-hetero) is 1. The number of carboxylic acid groups (broad SMARTS) is 1. The van der Waals surface area contributed by atoms with Crippen molar-refractivity contribution >= 4 is 49.6 Å². The molecular weight excluding hydrogens is 384 g/mol. The summed E-state index contributed by atoms with van der Waals surface area (Å²) in [6.07, 6.45) is -0.591. The van der Waals surface area contributed by atoms with Crippen LogP contribution in [0.1, 0.15) is 17.0 Å². The Bertz CT molecular complexity index is 474. The molecule has 0 saturated carbocycles. The number of halogens is 2. The molecule has 2 atom stereocenters. The number of hydrogen-bond donors (Lipinski definition) is 0. The average Bonchev–Trinajstić information content (AvgIpc) is 2.37. The highest BCUT2D eigenvalue weighted by Crippen LogP contribution is 2.24. The number of esters is 1. The number of ketones is 1. The number of carbonyl (C=O) groups excluding carboxylic acids is 3. The minimum absolute atomic E-state index is 0.591. The fourth-order valence-corrected chi connectivity index (χ4v) is 2.12. The number of carboxylic acids is 1. The van der Waals surface area contributed by atoms with E-state index in [1.165, 1.54) is 0 Å². The van der Waals surface area contributed by atoms with E-state index >= 15 is 0 Å². The van der Waals surface area contributed by atoms with Crippen molar-refractivity contribution < 1.29 is 24.2 Å². The van der Waals surface area contributed by atoms with Crippen LogP contribution in [0.4, 0.5) is 0 Å². The summed E-state index contributed by atoms with van der Waals surface area (Å²) in [5.74, 6) is -3.51. The minimum Gasteiger partial charge on any atom is -0.550 e. The third-order valence-electron chi connectivity index (χ3n) is 2.10. The highest BCUT2D eigenvalue weighted by molar-refractivity contribution is 9.10. The highest BCUT2D eigenvalue weighted by Gasteiger charge is 2.26. The summed E-state index contributed by atoms with van der Waals surface area (Å²) < 4.78 is 4.89. The van der Waals surface area contributed by atoms with Crippen LogP contribution in [-0.2, 0) is 19.1 Å². The van der Waals surface area contributed by atoms with Crippen molar-refractivity contribution in [1.29, 1.82) is 0 Å². The van der Waals surface area contributed by atoms with Crippen molar-refractivity contribution in [1.82, 2.24) is 0 Å². The van der Waals surface area contributed by atoms with Gasteiger partial charge < -0.3 is 14.6 Å². The van der Waals surface area contributed by atoms with E-state index in [9.17, 15) is 19.5 Å². The second-order valence-electron chi connectivity index (χ2n) is 3.54. The average molecular weight is 393 g/mol.